The number of aliphatic carboxylic acids is 1. The fourth-order valence-corrected chi connectivity index (χ4v) is 2.78. The first kappa shape index (κ1) is 12.9. The SMILES string of the molecule is O=C(O)CC1=Nn2c(Cc3ccccc3)nnc2SC1. The number of carbonyl (C=O) groups is 1. The Balaban J connectivity index is 1.87. The molecule has 1 aliphatic rings. The van der Waals surface area contributed by atoms with Crippen LogP contribution in [0.4, 0.5) is 0 Å². The number of nitrogens with zero attached hydrogens (tertiary/aromatic N) is 4. The average molecular weight is 288 g/mol. The van der Waals surface area contributed by atoms with Crippen LogP contribution in [0.1, 0.15) is 17.8 Å². The van der Waals surface area contributed by atoms with Crippen molar-refractivity contribution >= 4 is 23.4 Å². The minimum atomic E-state index is -0.870. The molecule has 0 radical (unpaired) electrons. The summed E-state index contributed by atoms with van der Waals surface area (Å²) in [6.07, 6.45) is 0.577. The smallest absolute Gasteiger partial charge is 0.309 e. The molecule has 1 N–H and O–H groups in total. The fraction of sp³-hybridized carbons (Fsp3) is 0.231. The van der Waals surface area contributed by atoms with E-state index < -0.39 is 5.97 Å². The van der Waals surface area contributed by atoms with Gasteiger partial charge < -0.3 is 5.11 Å². The fourth-order valence-electron chi connectivity index (χ4n) is 1.95. The highest BCUT2D eigenvalue weighted by atomic mass is 32.2. The molecule has 7 heteroatoms. The number of fused-ring (bicyclic) bond motifs is 1. The number of hydrogen-bond donors (Lipinski definition) is 1. The number of carboxylic acid groups (broad SMARTS) is 1. The van der Waals surface area contributed by atoms with Gasteiger partial charge in [0.25, 0.3) is 0 Å². The molecule has 3 rings (SSSR count). The third-order valence-electron chi connectivity index (χ3n) is 2.85. The third kappa shape index (κ3) is 2.72. The van der Waals surface area contributed by atoms with Crippen LogP contribution in [0.5, 0.6) is 0 Å². The Hall–Kier alpha value is -2.15. The van der Waals surface area contributed by atoms with Crippen LogP contribution in [0.25, 0.3) is 0 Å². The molecule has 2 heterocycles. The Morgan fingerprint density at radius 3 is 2.85 bits per heavy atom. The maximum absolute atomic E-state index is 10.8. The van der Waals surface area contributed by atoms with Crippen LogP contribution in [0.3, 0.4) is 0 Å². The van der Waals surface area contributed by atoms with Crippen LogP contribution in [0, 0.1) is 0 Å². The zero-order valence-electron chi connectivity index (χ0n) is 10.6. The summed E-state index contributed by atoms with van der Waals surface area (Å²) < 4.78 is 1.65. The normalized spacial score (nSPS) is 13.7. The Morgan fingerprint density at radius 2 is 2.10 bits per heavy atom. The number of rotatable bonds is 4. The summed E-state index contributed by atoms with van der Waals surface area (Å²) in [5.41, 5.74) is 1.75. The molecule has 6 nitrogen and oxygen atoms in total. The first-order chi connectivity index (χ1) is 9.72. The van der Waals surface area contributed by atoms with Gasteiger partial charge >= 0.3 is 5.97 Å². The minimum absolute atomic E-state index is 0.0462. The Labute approximate surface area is 119 Å². The van der Waals surface area contributed by atoms with Crippen LogP contribution in [-0.2, 0) is 11.2 Å². The Bertz CT molecular complexity index is 666. The molecule has 1 aromatic heterocycles. The van der Waals surface area contributed by atoms with E-state index >= 15 is 0 Å². The number of thioether (sulfide) groups is 1. The summed E-state index contributed by atoms with van der Waals surface area (Å²) in [7, 11) is 0. The van der Waals surface area contributed by atoms with Gasteiger partial charge in [0.15, 0.2) is 5.82 Å². The lowest BCUT2D eigenvalue weighted by Crippen LogP contribution is -2.16. The van der Waals surface area contributed by atoms with Gasteiger partial charge in [-0.05, 0) is 5.56 Å². The summed E-state index contributed by atoms with van der Waals surface area (Å²) in [4.78, 5) is 10.8. The molecular formula is C13H12N4O2S. The van der Waals surface area contributed by atoms with Crippen molar-refractivity contribution in [3.05, 3.63) is 41.7 Å². The molecule has 102 valence electrons. The van der Waals surface area contributed by atoms with E-state index in [4.69, 9.17) is 5.11 Å². The molecule has 0 amide bonds. The van der Waals surface area contributed by atoms with Gasteiger partial charge in [-0.3, -0.25) is 4.79 Å². The molecule has 0 saturated heterocycles. The highest BCUT2D eigenvalue weighted by molar-refractivity contribution is 7.99. The first-order valence-electron chi connectivity index (χ1n) is 6.12. The molecule has 20 heavy (non-hydrogen) atoms. The first-order valence-corrected chi connectivity index (χ1v) is 7.10. The van der Waals surface area contributed by atoms with E-state index in [1.165, 1.54) is 11.8 Å². The Kier molecular flexibility index (Phi) is 3.51. The summed E-state index contributed by atoms with van der Waals surface area (Å²) in [5, 5.41) is 22.1. The van der Waals surface area contributed by atoms with E-state index in [1.54, 1.807) is 4.68 Å². The van der Waals surface area contributed by atoms with E-state index in [1.807, 2.05) is 30.3 Å². The maximum Gasteiger partial charge on any atom is 0.309 e. The zero-order chi connectivity index (χ0) is 13.9. The van der Waals surface area contributed by atoms with E-state index in [0.717, 1.165) is 11.4 Å². The van der Waals surface area contributed by atoms with E-state index in [0.29, 0.717) is 23.0 Å². The molecule has 1 aromatic carbocycles. The van der Waals surface area contributed by atoms with E-state index in [2.05, 4.69) is 15.3 Å². The molecule has 0 saturated carbocycles. The lowest BCUT2D eigenvalue weighted by molar-refractivity contribution is -0.135. The molecule has 0 bridgehead atoms. The van der Waals surface area contributed by atoms with E-state index in [9.17, 15) is 4.79 Å². The molecule has 1 aliphatic heterocycles. The van der Waals surface area contributed by atoms with Gasteiger partial charge in [-0.15, -0.1) is 10.2 Å². The predicted octanol–water partition coefficient (Wildman–Crippen LogP) is 1.65. The number of carboxylic acids is 1. The lowest BCUT2D eigenvalue weighted by atomic mass is 10.1. The van der Waals surface area contributed by atoms with Crippen LogP contribution in [-0.4, -0.2) is 37.4 Å². The summed E-state index contributed by atoms with van der Waals surface area (Å²) in [5.74, 6) is 0.405. The second kappa shape index (κ2) is 5.46. The van der Waals surface area contributed by atoms with Crippen molar-refractivity contribution < 1.29 is 9.90 Å². The van der Waals surface area contributed by atoms with Gasteiger partial charge in [0.05, 0.1) is 12.1 Å². The van der Waals surface area contributed by atoms with Crippen molar-refractivity contribution in [3.8, 4) is 0 Å². The van der Waals surface area contributed by atoms with Gasteiger partial charge in [-0.1, -0.05) is 42.1 Å². The number of aromatic nitrogens is 3. The highest BCUT2D eigenvalue weighted by Crippen LogP contribution is 2.23. The van der Waals surface area contributed by atoms with Crippen molar-refractivity contribution in [1.82, 2.24) is 14.9 Å². The maximum atomic E-state index is 10.8. The predicted molar refractivity (Wildman–Crippen MR) is 75.1 cm³/mol. The summed E-state index contributed by atoms with van der Waals surface area (Å²) >= 11 is 1.47. The second-order valence-electron chi connectivity index (χ2n) is 4.40. The van der Waals surface area contributed by atoms with Crippen LogP contribution in [0.2, 0.25) is 0 Å². The lowest BCUT2D eigenvalue weighted by Gasteiger charge is -2.12. The molecule has 0 unspecified atom stereocenters. The summed E-state index contributed by atoms with van der Waals surface area (Å²) in [6.45, 7) is 0. The van der Waals surface area contributed by atoms with Crippen LogP contribution in [0.15, 0.2) is 40.6 Å². The molecule has 0 aliphatic carbocycles. The number of benzene rings is 1. The van der Waals surface area contributed by atoms with Crippen LogP contribution < -0.4 is 0 Å². The number of hydrogen-bond acceptors (Lipinski definition) is 5. The average Bonchev–Trinajstić information content (AvgIpc) is 2.82. The Morgan fingerprint density at radius 1 is 1.30 bits per heavy atom. The van der Waals surface area contributed by atoms with Crippen molar-refractivity contribution in [3.63, 3.8) is 0 Å². The van der Waals surface area contributed by atoms with Gasteiger partial charge in [0.2, 0.25) is 5.16 Å². The quantitative estimate of drug-likeness (QED) is 0.925. The van der Waals surface area contributed by atoms with Crippen LogP contribution >= 0.6 is 11.8 Å². The molecule has 0 spiro atoms. The third-order valence-corrected chi connectivity index (χ3v) is 3.84. The topological polar surface area (TPSA) is 80.4 Å². The van der Waals surface area contributed by atoms with Gasteiger partial charge in [-0.25, -0.2) is 0 Å². The van der Waals surface area contributed by atoms with Crippen molar-refractivity contribution in [1.29, 1.82) is 0 Å². The molecule has 0 atom stereocenters. The van der Waals surface area contributed by atoms with Crippen molar-refractivity contribution in [2.24, 2.45) is 5.10 Å². The largest absolute Gasteiger partial charge is 0.481 e. The van der Waals surface area contributed by atoms with Gasteiger partial charge in [0.1, 0.15) is 0 Å². The van der Waals surface area contributed by atoms with Gasteiger partial charge in [-0.2, -0.15) is 9.78 Å². The standard InChI is InChI=1S/C13H12N4O2S/c18-12(19)7-10-8-20-13-15-14-11(17(13)16-10)6-9-4-2-1-3-5-9/h1-5H,6-8H2,(H,18,19). The minimum Gasteiger partial charge on any atom is -0.481 e. The van der Waals surface area contributed by atoms with E-state index in [-0.39, 0.29) is 6.42 Å². The van der Waals surface area contributed by atoms with Crippen molar-refractivity contribution in [2.45, 2.75) is 18.0 Å². The molecular weight excluding hydrogens is 276 g/mol. The van der Waals surface area contributed by atoms with Gasteiger partial charge in [0, 0.05) is 12.2 Å². The van der Waals surface area contributed by atoms with Crippen molar-refractivity contribution in [2.75, 3.05) is 5.75 Å². The highest BCUT2D eigenvalue weighted by Gasteiger charge is 2.20. The summed E-state index contributed by atoms with van der Waals surface area (Å²) in [6, 6.07) is 9.92. The molecule has 2 aromatic rings. The molecule has 0 fully saturated rings. The zero-order valence-corrected chi connectivity index (χ0v) is 11.4. The monoisotopic (exact) mass is 288 g/mol. The second-order valence-corrected chi connectivity index (χ2v) is 5.34.